The van der Waals surface area contributed by atoms with Crippen LogP contribution in [0.3, 0.4) is 0 Å². The smallest absolute Gasteiger partial charge is 0.236 e. The molecule has 7 nitrogen and oxygen atoms in total. The van der Waals surface area contributed by atoms with Crippen molar-refractivity contribution in [3.05, 3.63) is 53.1 Å². The molecule has 2 heterocycles. The fourth-order valence-corrected chi connectivity index (χ4v) is 4.33. The molecule has 0 aliphatic carbocycles. The van der Waals surface area contributed by atoms with Gasteiger partial charge in [0.25, 0.3) is 0 Å². The molecule has 0 unspecified atom stereocenters. The van der Waals surface area contributed by atoms with Crippen molar-refractivity contribution in [2.75, 3.05) is 11.1 Å². The number of carbonyl (C=O) groups excluding carboxylic acids is 1. The van der Waals surface area contributed by atoms with Crippen LogP contribution in [0.4, 0.5) is 5.13 Å². The molecular weight excluding hydrogens is 392 g/mol. The van der Waals surface area contributed by atoms with Gasteiger partial charge in [-0.05, 0) is 72.2 Å². The van der Waals surface area contributed by atoms with Gasteiger partial charge in [0.2, 0.25) is 11.1 Å². The maximum absolute atomic E-state index is 12.4. The van der Waals surface area contributed by atoms with Gasteiger partial charge in [0.1, 0.15) is 0 Å². The predicted octanol–water partition coefficient (Wildman–Crippen LogP) is 3.93. The van der Waals surface area contributed by atoms with E-state index >= 15 is 0 Å². The topological polar surface area (TPSA) is 85.6 Å². The van der Waals surface area contributed by atoms with E-state index in [-0.39, 0.29) is 11.7 Å². The summed E-state index contributed by atoms with van der Waals surface area (Å²) in [6.07, 6.45) is 0. The van der Waals surface area contributed by atoms with Crippen molar-refractivity contribution in [3.8, 4) is 5.69 Å². The highest BCUT2D eigenvalue weighted by Gasteiger charge is 2.13. The number of carbonyl (C=O) groups is 1. The van der Waals surface area contributed by atoms with Crippen LogP contribution in [0.15, 0.2) is 41.6 Å². The van der Waals surface area contributed by atoms with Gasteiger partial charge in [-0.3, -0.25) is 4.79 Å². The van der Waals surface area contributed by atoms with E-state index in [0.717, 1.165) is 21.5 Å². The lowest BCUT2D eigenvalue weighted by Gasteiger charge is -2.06. The SMILES string of the molecule is Cc1ccc2nc(NC(=O)CSc3nnnn3-c3ccc(C)c(C)c3)sc2c1. The van der Waals surface area contributed by atoms with Gasteiger partial charge >= 0.3 is 0 Å². The Morgan fingerprint density at radius 1 is 1.14 bits per heavy atom. The minimum atomic E-state index is -0.143. The number of nitrogens with one attached hydrogen (secondary N) is 1. The highest BCUT2D eigenvalue weighted by Crippen LogP contribution is 2.27. The Hall–Kier alpha value is -2.78. The second-order valence-electron chi connectivity index (χ2n) is 6.47. The molecule has 0 saturated heterocycles. The molecule has 0 spiro atoms. The number of aromatic nitrogens is 5. The van der Waals surface area contributed by atoms with E-state index in [0.29, 0.717) is 10.3 Å². The summed E-state index contributed by atoms with van der Waals surface area (Å²) in [6.45, 7) is 6.14. The Morgan fingerprint density at radius 3 is 2.82 bits per heavy atom. The molecule has 0 aliphatic rings. The molecule has 1 amide bonds. The molecule has 0 atom stereocenters. The van der Waals surface area contributed by atoms with Crippen molar-refractivity contribution < 1.29 is 4.79 Å². The fourth-order valence-electron chi connectivity index (χ4n) is 2.66. The zero-order chi connectivity index (χ0) is 19.7. The van der Waals surface area contributed by atoms with Crippen molar-refractivity contribution in [3.63, 3.8) is 0 Å². The zero-order valence-electron chi connectivity index (χ0n) is 15.6. The third-order valence-corrected chi connectivity index (χ3v) is 6.15. The van der Waals surface area contributed by atoms with Crippen LogP contribution >= 0.6 is 23.1 Å². The van der Waals surface area contributed by atoms with Crippen molar-refractivity contribution >= 4 is 44.4 Å². The van der Waals surface area contributed by atoms with Crippen molar-refractivity contribution in [1.29, 1.82) is 0 Å². The summed E-state index contributed by atoms with van der Waals surface area (Å²) < 4.78 is 2.70. The molecule has 142 valence electrons. The Labute approximate surface area is 170 Å². The second kappa shape index (κ2) is 7.69. The van der Waals surface area contributed by atoms with E-state index in [4.69, 9.17) is 0 Å². The lowest BCUT2D eigenvalue weighted by Crippen LogP contribution is -2.14. The summed E-state index contributed by atoms with van der Waals surface area (Å²) in [7, 11) is 0. The van der Waals surface area contributed by atoms with E-state index in [1.807, 2.05) is 44.2 Å². The number of nitrogens with zero attached hydrogens (tertiary/aromatic N) is 5. The average Bonchev–Trinajstić information content (AvgIpc) is 3.28. The van der Waals surface area contributed by atoms with Gasteiger partial charge in [-0.2, -0.15) is 4.68 Å². The van der Waals surface area contributed by atoms with Crippen molar-refractivity contribution in [2.24, 2.45) is 0 Å². The molecule has 0 bridgehead atoms. The number of anilines is 1. The van der Waals surface area contributed by atoms with E-state index in [1.165, 1.54) is 34.2 Å². The number of hydrogen-bond donors (Lipinski definition) is 1. The van der Waals surface area contributed by atoms with E-state index in [9.17, 15) is 4.79 Å². The predicted molar refractivity (Wildman–Crippen MR) is 112 cm³/mol. The van der Waals surface area contributed by atoms with Crippen LogP contribution < -0.4 is 5.32 Å². The number of benzene rings is 2. The Morgan fingerprint density at radius 2 is 2.00 bits per heavy atom. The van der Waals surface area contributed by atoms with Gasteiger partial charge in [0, 0.05) is 0 Å². The Kier molecular flexibility index (Phi) is 5.10. The molecule has 9 heteroatoms. The van der Waals surface area contributed by atoms with Gasteiger partial charge in [-0.25, -0.2) is 4.98 Å². The zero-order valence-corrected chi connectivity index (χ0v) is 17.3. The Bertz CT molecular complexity index is 1170. The van der Waals surface area contributed by atoms with Crippen LogP contribution in [0.5, 0.6) is 0 Å². The number of thiazole rings is 1. The molecule has 0 saturated carbocycles. The first kappa shape index (κ1) is 18.6. The Balaban J connectivity index is 1.43. The van der Waals surface area contributed by atoms with Gasteiger partial charge in [0.05, 0.1) is 21.7 Å². The van der Waals surface area contributed by atoms with Crippen LogP contribution in [0.25, 0.3) is 15.9 Å². The summed E-state index contributed by atoms with van der Waals surface area (Å²) in [4.78, 5) is 16.8. The maximum Gasteiger partial charge on any atom is 0.236 e. The summed E-state index contributed by atoms with van der Waals surface area (Å²) in [6, 6.07) is 12.1. The highest BCUT2D eigenvalue weighted by molar-refractivity contribution is 7.99. The highest BCUT2D eigenvalue weighted by atomic mass is 32.2. The van der Waals surface area contributed by atoms with Crippen molar-refractivity contribution in [1.82, 2.24) is 25.2 Å². The molecular formula is C19H18N6OS2. The van der Waals surface area contributed by atoms with Crippen LogP contribution in [0.2, 0.25) is 0 Å². The quantitative estimate of drug-likeness (QED) is 0.502. The van der Waals surface area contributed by atoms with Gasteiger partial charge in [-0.1, -0.05) is 35.2 Å². The summed E-state index contributed by atoms with van der Waals surface area (Å²) in [5.41, 5.74) is 5.29. The van der Waals surface area contributed by atoms with E-state index in [2.05, 4.69) is 38.8 Å². The molecule has 0 aliphatic heterocycles. The molecule has 4 aromatic rings. The average molecular weight is 411 g/mol. The molecule has 2 aromatic carbocycles. The summed E-state index contributed by atoms with van der Waals surface area (Å²) >= 11 is 2.76. The standard InChI is InChI=1S/C19H18N6OS2/c1-11-4-7-15-16(8-11)28-18(20-15)21-17(26)10-27-19-22-23-24-25(19)14-6-5-12(2)13(3)9-14/h4-9H,10H2,1-3H3,(H,20,21,26). The van der Waals surface area contributed by atoms with Crippen LogP contribution in [0.1, 0.15) is 16.7 Å². The lowest BCUT2D eigenvalue weighted by atomic mass is 10.1. The first-order valence-corrected chi connectivity index (χ1v) is 10.5. The van der Waals surface area contributed by atoms with Crippen LogP contribution in [0, 0.1) is 20.8 Å². The number of thioether (sulfide) groups is 1. The molecule has 28 heavy (non-hydrogen) atoms. The summed E-state index contributed by atoms with van der Waals surface area (Å²) in [5, 5.41) is 15.9. The number of hydrogen-bond acceptors (Lipinski definition) is 7. The third-order valence-electron chi connectivity index (χ3n) is 4.30. The molecule has 0 fully saturated rings. The maximum atomic E-state index is 12.4. The first-order valence-electron chi connectivity index (χ1n) is 8.65. The minimum absolute atomic E-state index is 0.143. The normalized spacial score (nSPS) is 11.1. The molecule has 0 radical (unpaired) electrons. The van der Waals surface area contributed by atoms with Gasteiger partial charge in [0.15, 0.2) is 5.13 Å². The van der Waals surface area contributed by atoms with Crippen molar-refractivity contribution in [2.45, 2.75) is 25.9 Å². The monoisotopic (exact) mass is 410 g/mol. The van der Waals surface area contributed by atoms with E-state index in [1.54, 1.807) is 4.68 Å². The number of tetrazole rings is 1. The minimum Gasteiger partial charge on any atom is -0.301 e. The second-order valence-corrected chi connectivity index (χ2v) is 8.44. The summed E-state index contributed by atoms with van der Waals surface area (Å²) in [5.74, 6) is 0.0515. The molecule has 2 aromatic heterocycles. The molecule has 4 rings (SSSR count). The van der Waals surface area contributed by atoms with Gasteiger partial charge in [-0.15, -0.1) is 5.10 Å². The lowest BCUT2D eigenvalue weighted by molar-refractivity contribution is -0.113. The van der Waals surface area contributed by atoms with E-state index < -0.39 is 0 Å². The largest absolute Gasteiger partial charge is 0.301 e. The number of fused-ring (bicyclic) bond motifs is 1. The number of rotatable bonds is 5. The number of aryl methyl sites for hydroxylation is 3. The first-order chi connectivity index (χ1) is 13.5. The van der Waals surface area contributed by atoms with Crippen LogP contribution in [-0.4, -0.2) is 36.9 Å². The fraction of sp³-hybridized carbons (Fsp3) is 0.211. The number of amides is 1. The van der Waals surface area contributed by atoms with Gasteiger partial charge < -0.3 is 5.32 Å². The molecule has 1 N–H and O–H groups in total. The van der Waals surface area contributed by atoms with Crippen LogP contribution in [-0.2, 0) is 4.79 Å². The third kappa shape index (κ3) is 3.90.